The monoisotopic (exact) mass is 355 g/mol. The first-order valence-corrected chi connectivity index (χ1v) is 7.90. The van der Waals surface area contributed by atoms with E-state index in [-0.39, 0.29) is 4.66 Å². The fourth-order valence-electron chi connectivity index (χ4n) is 1.15. The first-order valence-electron chi connectivity index (χ1n) is 4.33. The lowest BCUT2D eigenvalue weighted by Gasteiger charge is -2.10. The normalized spacial score (nSPS) is 11.4. The molecule has 1 aromatic rings. The summed E-state index contributed by atoms with van der Waals surface area (Å²) >= 11 is 6.28. The van der Waals surface area contributed by atoms with Crippen molar-refractivity contribution < 1.29 is 8.42 Å². The highest BCUT2D eigenvalue weighted by Gasteiger charge is 2.10. The van der Waals surface area contributed by atoms with Crippen molar-refractivity contribution in [3.63, 3.8) is 0 Å². The Hall–Kier alpha value is -0.0700. The summed E-state index contributed by atoms with van der Waals surface area (Å²) in [6.45, 7) is 1.98. The molecule has 0 saturated carbocycles. The van der Waals surface area contributed by atoms with Gasteiger partial charge in [0.05, 0.1) is 5.69 Å². The molecule has 1 rings (SSSR count). The summed E-state index contributed by atoms with van der Waals surface area (Å²) < 4.78 is 26.1. The van der Waals surface area contributed by atoms with Gasteiger partial charge in [0.25, 0.3) is 0 Å². The first kappa shape index (κ1) is 13.0. The molecule has 0 aliphatic rings. The number of rotatable bonds is 4. The van der Waals surface area contributed by atoms with Crippen LogP contribution in [-0.2, 0) is 16.4 Å². The quantitative estimate of drug-likeness (QED) is 0.842. The molecule has 15 heavy (non-hydrogen) atoms. The maximum absolute atomic E-state index is 11.4. The highest BCUT2D eigenvalue weighted by Crippen LogP contribution is 2.22. The van der Waals surface area contributed by atoms with Gasteiger partial charge in [-0.25, -0.2) is 8.42 Å². The SMILES string of the molecule is CCc1cc(Br)ccc1NS(=O)(=O)CBr. The highest BCUT2D eigenvalue weighted by atomic mass is 79.9. The molecule has 0 aliphatic heterocycles. The zero-order valence-electron chi connectivity index (χ0n) is 8.13. The molecule has 0 unspecified atom stereocenters. The summed E-state index contributed by atoms with van der Waals surface area (Å²) in [4.78, 5) is 0. The number of hydrogen-bond acceptors (Lipinski definition) is 2. The van der Waals surface area contributed by atoms with Crippen LogP contribution in [0.25, 0.3) is 0 Å². The molecule has 0 atom stereocenters. The van der Waals surface area contributed by atoms with Crippen molar-refractivity contribution in [1.82, 2.24) is 0 Å². The molecule has 1 N–H and O–H groups in total. The summed E-state index contributed by atoms with van der Waals surface area (Å²) in [5, 5.41) is 0. The molecule has 0 aliphatic carbocycles. The molecule has 3 nitrogen and oxygen atoms in total. The van der Waals surface area contributed by atoms with Crippen molar-refractivity contribution in [2.45, 2.75) is 13.3 Å². The smallest absolute Gasteiger partial charge is 0.242 e. The predicted molar refractivity (Wildman–Crippen MR) is 69.9 cm³/mol. The third kappa shape index (κ3) is 3.77. The Morgan fingerprint density at radius 2 is 2.07 bits per heavy atom. The molecular formula is C9H11Br2NO2S. The van der Waals surface area contributed by atoms with E-state index in [9.17, 15) is 8.42 Å². The minimum absolute atomic E-state index is 0.0980. The van der Waals surface area contributed by atoms with Crippen LogP contribution in [0.15, 0.2) is 22.7 Å². The maximum atomic E-state index is 11.4. The Balaban J connectivity index is 3.05. The van der Waals surface area contributed by atoms with E-state index in [1.54, 1.807) is 6.07 Å². The Morgan fingerprint density at radius 3 is 2.60 bits per heavy atom. The van der Waals surface area contributed by atoms with Crippen molar-refractivity contribution in [1.29, 1.82) is 0 Å². The molecular weight excluding hydrogens is 346 g/mol. The lowest BCUT2D eigenvalue weighted by Crippen LogP contribution is -2.14. The average Bonchev–Trinajstić information content (AvgIpc) is 2.20. The molecule has 0 radical (unpaired) electrons. The summed E-state index contributed by atoms with van der Waals surface area (Å²) in [5.41, 5.74) is 1.61. The van der Waals surface area contributed by atoms with E-state index in [0.29, 0.717) is 5.69 Å². The van der Waals surface area contributed by atoms with E-state index in [1.807, 2.05) is 19.1 Å². The molecule has 0 saturated heterocycles. The second-order valence-corrected chi connectivity index (χ2v) is 6.92. The van der Waals surface area contributed by atoms with Crippen LogP contribution in [-0.4, -0.2) is 13.1 Å². The van der Waals surface area contributed by atoms with Crippen molar-refractivity contribution in [2.24, 2.45) is 0 Å². The minimum Gasteiger partial charge on any atom is -0.283 e. The van der Waals surface area contributed by atoms with Crippen molar-refractivity contribution in [2.75, 3.05) is 9.38 Å². The molecule has 0 bridgehead atoms. The van der Waals surface area contributed by atoms with E-state index in [0.717, 1.165) is 16.5 Å². The number of sulfonamides is 1. The van der Waals surface area contributed by atoms with Crippen LogP contribution in [0.4, 0.5) is 5.69 Å². The van der Waals surface area contributed by atoms with Crippen LogP contribution in [0.1, 0.15) is 12.5 Å². The summed E-state index contributed by atoms with van der Waals surface area (Å²) in [6.07, 6.45) is 0.777. The molecule has 0 amide bonds. The lowest BCUT2D eigenvalue weighted by atomic mass is 10.1. The third-order valence-corrected chi connectivity index (χ3v) is 4.98. The zero-order valence-corrected chi connectivity index (χ0v) is 12.1. The number of halogens is 2. The molecule has 0 heterocycles. The fraction of sp³-hybridized carbons (Fsp3) is 0.333. The second kappa shape index (κ2) is 5.32. The Kier molecular flexibility index (Phi) is 4.61. The number of aryl methyl sites for hydroxylation is 1. The van der Waals surface area contributed by atoms with Gasteiger partial charge in [-0.1, -0.05) is 38.8 Å². The summed E-state index contributed by atoms with van der Waals surface area (Å²) in [7, 11) is -3.27. The van der Waals surface area contributed by atoms with Gasteiger partial charge in [0.15, 0.2) is 0 Å². The van der Waals surface area contributed by atoms with Gasteiger partial charge in [-0.2, -0.15) is 0 Å². The third-order valence-electron chi connectivity index (χ3n) is 1.86. The average molecular weight is 357 g/mol. The fourth-order valence-corrected chi connectivity index (χ4v) is 2.49. The second-order valence-electron chi connectivity index (χ2n) is 2.98. The van der Waals surface area contributed by atoms with Crippen molar-refractivity contribution in [3.8, 4) is 0 Å². The first-order chi connectivity index (χ1) is 6.98. The maximum Gasteiger partial charge on any atom is 0.242 e. The van der Waals surface area contributed by atoms with Crippen LogP contribution in [0.3, 0.4) is 0 Å². The molecule has 84 valence electrons. The van der Waals surface area contributed by atoms with E-state index >= 15 is 0 Å². The van der Waals surface area contributed by atoms with Gasteiger partial charge in [0, 0.05) is 4.47 Å². The van der Waals surface area contributed by atoms with Crippen molar-refractivity contribution >= 4 is 47.6 Å². The number of benzene rings is 1. The summed E-state index contributed by atoms with van der Waals surface area (Å²) in [5.74, 6) is 0. The number of alkyl halides is 1. The number of nitrogens with one attached hydrogen (secondary N) is 1. The minimum atomic E-state index is -3.27. The van der Waals surface area contributed by atoms with E-state index in [4.69, 9.17) is 0 Å². The van der Waals surface area contributed by atoms with Gasteiger partial charge in [0.1, 0.15) is 4.66 Å². The van der Waals surface area contributed by atoms with Gasteiger partial charge < -0.3 is 0 Å². The number of hydrogen-bond donors (Lipinski definition) is 1. The van der Waals surface area contributed by atoms with Crippen LogP contribution < -0.4 is 4.72 Å². The lowest BCUT2D eigenvalue weighted by molar-refractivity contribution is 0.606. The van der Waals surface area contributed by atoms with E-state index in [2.05, 4.69) is 36.6 Å². The molecule has 0 aromatic heterocycles. The van der Waals surface area contributed by atoms with E-state index in [1.165, 1.54) is 0 Å². The molecule has 1 aromatic carbocycles. The van der Waals surface area contributed by atoms with Gasteiger partial charge in [0.2, 0.25) is 10.0 Å². The Bertz CT molecular complexity index is 445. The van der Waals surface area contributed by atoms with Crippen LogP contribution >= 0.6 is 31.9 Å². The predicted octanol–water partition coefficient (Wildman–Crippen LogP) is 3.11. The largest absolute Gasteiger partial charge is 0.283 e. The topological polar surface area (TPSA) is 46.2 Å². The Morgan fingerprint density at radius 1 is 1.40 bits per heavy atom. The number of anilines is 1. The van der Waals surface area contributed by atoms with Crippen LogP contribution in [0, 0.1) is 0 Å². The standard InChI is InChI=1S/C9H11Br2NO2S/c1-2-7-5-8(11)3-4-9(7)12-15(13,14)6-10/h3-5,12H,2,6H2,1H3. The van der Waals surface area contributed by atoms with Gasteiger partial charge in [-0.15, -0.1) is 0 Å². The molecule has 0 spiro atoms. The highest BCUT2D eigenvalue weighted by molar-refractivity contribution is 9.11. The van der Waals surface area contributed by atoms with Gasteiger partial charge in [-0.3, -0.25) is 4.72 Å². The van der Waals surface area contributed by atoms with Gasteiger partial charge >= 0.3 is 0 Å². The summed E-state index contributed by atoms with van der Waals surface area (Å²) in [6, 6.07) is 5.47. The molecule has 6 heteroatoms. The Labute approximate surface area is 107 Å². The zero-order chi connectivity index (χ0) is 11.5. The van der Waals surface area contributed by atoms with Gasteiger partial charge in [-0.05, 0) is 30.2 Å². The molecule has 0 fully saturated rings. The van der Waals surface area contributed by atoms with Crippen LogP contribution in [0.2, 0.25) is 0 Å². The van der Waals surface area contributed by atoms with E-state index < -0.39 is 10.0 Å². The van der Waals surface area contributed by atoms with Crippen molar-refractivity contribution in [3.05, 3.63) is 28.2 Å². The van der Waals surface area contributed by atoms with Crippen LogP contribution in [0.5, 0.6) is 0 Å².